The maximum atomic E-state index is 13.1. The third-order valence-corrected chi connectivity index (χ3v) is 6.28. The van der Waals surface area contributed by atoms with E-state index in [1.165, 1.54) is 30.4 Å². The topological polar surface area (TPSA) is 65.5 Å². The highest BCUT2D eigenvalue weighted by Gasteiger charge is 2.52. The molecular formula is C21H18F3NO4S. The summed E-state index contributed by atoms with van der Waals surface area (Å²) in [6.45, 7) is 2.97. The molecule has 9 heteroatoms. The molecule has 0 N–H and O–H groups in total. The van der Waals surface area contributed by atoms with Gasteiger partial charge in [0.2, 0.25) is 0 Å². The molecule has 158 valence electrons. The molecule has 2 aromatic rings. The van der Waals surface area contributed by atoms with Gasteiger partial charge >= 0.3 is 18.1 Å². The predicted molar refractivity (Wildman–Crippen MR) is 103 cm³/mol. The number of thiazole rings is 1. The van der Waals surface area contributed by atoms with E-state index < -0.39 is 29.3 Å². The first-order chi connectivity index (χ1) is 14.1. The first kappa shape index (κ1) is 20.6. The van der Waals surface area contributed by atoms with Gasteiger partial charge in [-0.15, -0.1) is 11.3 Å². The van der Waals surface area contributed by atoms with Crippen LogP contribution in [-0.2, 0) is 25.2 Å². The van der Waals surface area contributed by atoms with Gasteiger partial charge in [0.15, 0.2) is 11.4 Å². The molecule has 5 nitrogen and oxygen atoms in total. The summed E-state index contributed by atoms with van der Waals surface area (Å²) in [5, 5.41) is 0.337. The van der Waals surface area contributed by atoms with Gasteiger partial charge in [-0.25, -0.2) is 9.78 Å². The molecule has 1 aliphatic carbocycles. The van der Waals surface area contributed by atoms with Crippen LogP contribution >= 0.6 is 11.3 Å². The van der Waals surface area contributed by atoms with Gasteiger partial charge in [0.25, 0.3) is 0 Å². The Hall–Kier alpha value is -2.68. The number of rotatable bonds is 3. The van der Waals surface area contributed by atoms with Gasteiger partial charge in [-0.05, 0) is 44.7 Å². The zero-order chi connectivity index (χ0) is 21.7. The van der Waals surface area contributed by atoms with Crippen molar-refractivity contribution >= 4 is 28.8 Å². The SMILES string of the molecule is CC(=O)OC1=C(c2nc(-c3cccc(C(F)(F)F)c3)sc2C)C(=O)OC12CCCC2. The second kappa shape index (κ2) is 7.23. The lowest BCUT2D eigenvalue weighted by atomic mass is 9.97. The molecule has 2 aliphatic rings. The van der Waals surface area contributed by atoms with Gasteiger partial charge in [-0.3, -0.25) is 4.79 Å². The molecule has 0 saturated heterocycles. The van der Waals surface area contributed by atoms with Gasteiger partial charge < -0.3 is 9.47 Å². The van der Waals surface area contributed by atoms with Gasteiger partial charge in [-0.1, -0.05) is 12.1 Å². The number of carbonyl (C=O) groups is 2. The van der Waals surface area contributed by atoms with E-state index in [1.54, 1.807) is 6.92 Å². The maximum absolute atomic E-state index is 13.1. The molecule has 0 unspecified atom stereocenters. The molecule has 2 heterocycles. The Morgan fingerprint density at radius 1 is 1.27 bits per heavy atom. The second-order valence-electron chi connectivity index (χ2n) is 7.39. The van der Waals surface area contributed by atoms with E-state index in [0.29, 0.717) is 28.3 Å². The van der Waals surface area contributed by atoms with Crippen molar-refractivity contribution in [3.8, 4) is 10.6 Å². The number of ether oxygens (including phenoxy) is 2. The zero-order valence-corrected chi connectivity index (χ0v) is 17.1. The van der Waals surface area contributed by atoms with Crippen molar-refractivity contribution in [3.63, 3.8) is 0 Å². The van der Waals surface area contributed by atoms with E-state index in [9.17, 15) is 22.8 Å². The van der Waals surface area contributed by atoms with Crippen LogP contribution in [0.4, 0.5) is 13.2 Å². The Morgan fingerprint density at radius 3 is 2.60 bits per heavy atom. The number of hydrogen-bond acceptors (Lipinski definition) is 6. The fraction of sp³-hybridized carbons (Fsp3) is 0.381. The molecule has 4 rings (SSSR count). The third-order valence-electron chi connectivity index (χ3n) is 5.26. The molecule has 0 radical (unpaired) electrons. The van der Waals surface area contributed by atoms with Gasteiger partial charge in [0, 0.05) is 17.4 Å². The predicted octanol–water partition coefficient (Wildman–Crippen LogP) is 5.28. The smallest absolute Gasteiger partial charge is 0.416 e. The van der Waals surface area contributed by atoms with Crippen LogP contribution in [0.3, 0.4) is 0 Å². The molecule has 1 aromatic heterocycles. The highest BCUT2D eigenvalue weighted by Crippen LogP contribution is 2.49. The van der Waals surface area contributed by atoms with E-state index in [0.717, 1.165) is 25.0 Å². The molecular weight excluding hydrogens is 419 g/mol. The maximum Gasteiger partial charge on any atom is 0.416 e. The number of halogens is 3. The molecule has 1 spiro atoms. The second-order valence-corrected chi connectivity index (χ2v) is 8.59. The summed E-state index contributed by atoms with van der Waals surface area (Å²) in [5.74, 6) is -1.03. The van der Waals surface area contributed by atoms with E-state index in [4.69, 9.17) is 9.47 Å². The summed E-state index contributed by atoms with van der Waals surface area (Å²) in [4.78, 5) is 29.5. The minimum atomic E-state index is -4.47. The van der Waals surface area contributed by atoms with E-state index >= 15 is 0 Å². The number of aryl methyl sites for hydroxylation is 1. The van der Waals surface area contributed by atoms with Gasteiger partial charge in [-0.2, -0.15) is 13.2 Å². The monoisotopic (exact) mass is 437 g/mol. The van der Waals surface area contributed by atoms with Crippen molar-refractivity contribution in [2.75, 3.05) is 0 Å². The number of nitrogens with zero attached hydrogens (tertiary/aromatic N) is 1. The molecule has 0 atom stereocenters. The van der Waals surface area contributed by atoms with Crippen molar-refractivity contribution < 1.29 is 32.2 Å². The minimum absolute atomic E-state index is 0.0825. The summed E-state index contributed by atoms with van der Waals surface area (Å²) < 4.78 is 50.3. The fourth-order valence-corrected chi connectivity index (χ4v) is 4.86. The normalized spacial score (nSPS) is 18.2. The molecule has 1 aromatic carbocycles. The Morgan fingerprint density at radius 2 is 1.97 bits per heavy atom. The van der Waals surface area contributed by atoms with Crippen LogP contribution in [0.15, 0.2) is 30.0 Å². The summed E-state index contributed by atoms with van der Waals surface area (Å²) in [7, 11) is 0. The summed E-state index contributed by atoms with van der Waals surface area (Å²) in [6, 6.07) is 4.86. The van der Waals surface area contributed by atoms with Crippen molar-refractivity contribution in [2.45, 2.75) is 51.3 Å². The first-order valence-electron chi connectivity index (χ1n) is 9.43. The summed E-state index contributed by atoms with van der Waals surface area (Å²) in [5.41, 5.74) is -1.10. The third kappa shape index (κ3) is 3.51. The van der Waals surface area contributed by atoms with E-state index in [-0.39, 0.29) is 17.0 Å². The number of hydrogen-bond donors (Lipinski definition) is 0. The minimum Gasteiger partial charge on any atom is -0.447 e. The number of alkyl halides is 3. The summed E-state index contributed by atoms with van der Waals surface area (Å²) in [6.07, 6.45) is -1.71. The molecule has 1 fully saturated rings. The Bertz CT molecular complexity index is 1060. The van der Waals surface area contributed by atoms with Crippen molar-refractivity contribution in [1.29, 1.82) is 0 Å². The van der Waals surface area contributed by atoms with Crippen LogP contribution in [0, 0.1) is 6.92 Å². The number of esters is 2. The Balaban J connectivity index is 1.82. The number of aromatic nitrogens is 1. The number of carbonyl (C=O) groups excluding carboxylic acids is 2. The number of benzene rings is 1. The van der Waals surface area contributed by atoms with Gasteiger partial charge in [0.05, 0.1) is 11.3 Å². The lowest BCUT2D eigenvalue weighted by Gasteiger charge is -2.24. The fourth-order valence-electron chi connectivity index (χ4n) is 3.94. The quantitative estimate of drug-likeness (QED) is 0.611. The van der Waals surface area contributed by atoms with Crippen LogP contribution < -0.4 is 0 Å². The van der Waals surface area contributed by atoms with Crippen molar-refractivity contribution in [3.05, 3.63) is 46.2 Å². The Labute approximate surface area is 174 Å². The highest BCUT2D eigenvalue weighted by atomic mass is 32.1. The summed E-state index contributed by atoms with van der Waals surface area (Å²) >= 11 is 1.17. The van der Waals surface area contributed by atoms with Crippen LogP contribution in [0.2, 0.25) is 0 Å². The van der Waals surface area contributed by atoms with Crippen molar-refractivity contribution in [2.24, 2.45) is 0 Å². The van der Waals surface area contributed by atoms with Crippen LogP contribution in [0.25, 0.3) is 16.1 Å². The molecule has 1 aliphatic heterocycles. The molecule has 0 bridgehead atoms. The standard InChI is InChI=1S/C21H18F3NO4S/c1-11-16(25-18(30-11)13-6-5-7-14(10-13)21(22,23)24)15-17(28-12(2)26)20(29-19(15)27)8-3-4-9-20/h5-7,10H,3-4,8-9H2,1-2H3. The van der Waals surface area contributed by atoms with Crippen LogP contribution in [0.5, 0.6) is 0 Å². The lowest BCUT2D eigenvalue weighted by molar-refractivity contribution is -0.151. The molecule has 30 heavy (non-hydrogen) atoms. The lowest BCUT2D eigenvalue weighted by Crippen LogP contribution is -2.30. The molecule has 0 amide bonds. The van der Waals surface area contributed by atoms with Crippen LogP contribution in [0.1, 0.15) is 48.7 Å². The van der Waals surface area contributed by atoms with Crippen LogP contribution in [-0.4, -0.2) is 22.5 Å². The van der Waals surface area contributed by atoms with E-state index in [2.05, 4.69) is 4.98 Å². The van der Waals surface area contributed by atoms with Crippen molar-refractivity contribution in [1.82, 2.24) is 4.98 Å². The Kier molecular flexibility index (Phi) is 4.96. The zero-order valence-electron chi connectivity index (χ0n) is 16.3. The van der Waals surface area contributed by atoms with Gasteiger partial charge in [0.1, 0.15) is 10.6 Å². The average molecular weight is 437 g/mol. The first-order valence-corrected chi connectivity index (χ1v) is 10.2. The highest BCUT2D eigenvalue weighted by molar-refractivity contribution is 7.15. The average Bonchev–Trinajstić information content (AvgIpc) is 3.34. The van der Waals surface area contributed by atoms with E-state index in [1.807, 2.05) is 0 Å². The largest absolute Gasteiger partial charge is 0.447 e. The molecule has 1 saturated carbocycles.